The zero-order valence-electron chi connectivity index (χ0n) is 10.1. The quantitative estimate of drug-likeness (QED) is 0.853. The number of halogens is 2. The Hall–Kier alpha value is -0.410. The molecule has 0 radical (unpaired) electrons. The number of benzene rings is 1. The molecule has 0 aliphatic rings. The molecule has 0 aromatic heterocycles. The number of nitrogens with one attached hydrogen (secondary N) is 1. The van der Waals surface area contributed by atoms with E-state index in [4.69, 9.17) is 0 Å². The van der Waals surface area contributed by atoms with Crippen molar-refractivity contribution in [3.63, 3.8) is 0 Å². The van der Waals surface area contributed by atoms with Gasteiger partial charge in [-0.2, -0.15) is 0 Å². The van der Waals surface area contributed by atoms with E-state index in [1.54, 1.807) is 12.1 Å². The molecule has 0 spiro atoms. The van der Waals surface area contributed by atoms with E-state index in [9.17, 15) is 4.39 Å². The van der Waals surface area contributed by atoms with Crippen LogP contribution in [0.4, 0.5) is 4.39 Å². The molecular weight excluding hydrogens is 269 g/mol. The molecule has 1 aromatic carbocycles. The molecular formula is C13H19BrFN. The van der Waals surface area contributed by atoms with Crippen molar-refractivity contribution in [1.29, 1.82) is 0 Å². The standard InChI is InChI=1S/C13H19BrFN/c1-4-7-13(2,3)16-9-10-5-6-11(14)12(15)8-10/h5-6,8,16H,4,7,9H2,1-3H3. The Morgan fingerprint density at radius 2 is 2.06 bits per heavy atom. The summed E-state index contributed by atoms with van der Waals surface area (Å²) in [4.78, 5) is 0. The maximum atomic E-state index is 13.3. The zero-order chi connectivity index (χ0) is 12.2. The van der Waals surface area contributed by atoms with E-state index in [0.29, 0.717) is 11.0 Å². The molecule has 1 nitrogen and oxygen atoms in total. The van der Waals surface area contributed by atoms with Crippen LogP contribution in [-0.4, -0.2) is 5.54 Å². The van der Waals surface area contributed by atoms with Gasteiger partial charge in [-0.25, -0.2) is 4.39 Å². The minimum absolute atomic E-state index is 0.109. The second-order valence-corrected chi connectivity index (χ2v) is 5.59. The molecule has 0 amide bonds. The van der Waals surface area contributed by atoms with Crippen LogP contribution in [0, 0.1) is 5.82 Å². The van der Waals surface area contributed by atoms with Crippen molar-refractivity contribution in [2.45, 2.75) is 45.7 Å². The number of hydrogen-bond donors (Lipinski definition) is 1. The van der Waals surface area contributed by atoms with Gasteiger partial charge in [0.1, 0.15) is 5.82 Å². The van der Waals surface area contributed by atoms with E-state index in [0.717, 1.165) is 18.4 Å². The molecule has 0 saturated heterocycles. The Morgan fingerprint density at radius 1 is 1.38 bits per heavy atom. The highest BCUT2D eigenvalue weighted by molar-refractivity contribution is 9.10. The molecule has 90 valence electrons. The van der Waals surface area contributed by atoms with Crippen molar-refractivity contribution in [1.82, 2.24) is 5.32 Å². The molecule has 1 rings (SSSR count). The second kappa shape index (κ2) is 5.78. The topological polar surface area (TPSA) is 12.0 Å². The molecule has 0 saturated carbocycles. The minimum atomic E-state index is -0.201. The first kappa shape index (κ1) is 13.7. The largest absolute Gasteiger partial charge is 0.308 e. The molecule has 1 N–H and O–H groups in total. The van der Waals surface area contributed by atoms with Crippen molar-refractivity contribution < 1.29 is 4.39 Å². The monoisotopic (exact) mass is 287 g/mol. The molecule has 0 atom stereocenters. The van der Waals surface area contributed by atoms with Gasteiger partial charge in [0.2, 0.25) is 0 Å². The first-order valence-electron chi connectivity index (χ1n) is 5.63. The highest BCUT2D eigenvalue weighted by Gasteiger charge is 2.15. The molecule has 16 heavy (non-hydrogen) atoms. The predicted molar refractivity (Wildman–Crippen MR) is 69.9 cm³/mol. The number of hydrogen-bond acceptors (Lipinski definition) is 1. The van der Waals surface area contributed by atoms with E-state index in [1.165, 1.54) is 0 Å². The fourth-order valence-corrected chi connectivity index (χ4v) is 1.95. The van der Waals surface area contributed by atoms with Crippen LogP contribution >= 0.6 is 15.9 Å². The van der Waals surface area contributed by atoms with Gasteiger partial charge in [0, 0.05) is 12.1 Å². The van der Waals surface area contributed by atoms with Gasteiger partial charge < -0.3 is 5.32 Å². The predicted octanol–water partition coefficient (Wildman–Crippen LogP) is 4.26. The van der Waals surface area contributed by atoms with Gasteiger partial charge in [-0.3, -0.25) is 0 Å². The molecule has 0 aliphatic heterocycles. The Morgan fingerprint density at radius 3 is 2.62 bits per heavy atom. The Bertz CT molecular complexity index is 350. The molecule has 0 aliphatic carbocycles. The zero-order valence-corrected chi connectivity index (χ0v) is 11.7. The smallest absolute Gasteiger partial charge is 0.137 e. The van der Waals surface area contributed by atoms with Crippen molar-refractivity contribution >= 4 is 15.9 Å². The Kier molecular flexibility index (Phi) is 4.93. The highest BCUT2D eigenvalue weighted by atomic mass is 79.9. The van der Waals surface area contributed by atoms with Crippen LogP contribution in [0.1, 0.15) is 39.2 Å². The van der Waals surface area contributed by atoms with Crippen molar-refractivity contribution in [2.75, 3.05) is 0 Å². The summed E-state index contributed by atoms with van der Waals surface area (Å²) in [5.74, 6) is -0.201. The molecule has 1 aromatic rings. The summed E-state index contributed by atoms with van der Waals surface area (Å²) in [5, 5.41) is 3.44. The van der Waals surface area contributed by atoms with Crippen LogP contribution in [0.25, 0.3) is 0 Å². The summed E-state index contributed by atoms with van der Waals surface area (Å²) in [5.41, 5.74) is 1.09. The Balaban J connectivity index is 2.57. The van der Waals surface area contributed by atoms with E-state index in [1.807, 2.05) is 6.07 Å². The molecule has 0 heterocycles. The second-order valence-electron chi connectivity index (χ2n) is 4.74. The van der Waals surface area contributed by atoms with Crippen molar-refractivity contribution in [3.8, 4) is 0 Å². The third kappa shape index (κ3) is 4.22. The summed E-state index contributed by atoms with van der Waals surface area (Å²) in [7, 11) is 0. The molecule has 3 heteroatoms. The maximum Gasteiger partial charge on any atom is 0.137 e. The van der Waals surface area contributed by atoms with Gasteiger partial charge in [-0.1, -0.05) is 19.4 Å². The lowest BCUT2D eigenvalue weighted by Crippen LogP contribution is -2.38. The van der Waals surface area contributed by atoms with Gasteiger partial charge in [0.05, 0.1) is 4.47 Å². The van der Waals surface area contributed by atoms with E-state index in [-0.39, 0.29) is 11.4 Å². The van der Waals surface area contributed by atoms with Crippen molar-refractivity contribution in [2.24, 2.45) is 0 Å². The Labute approximate surface area is 106 Å². The third-order valence-corrected chi connectivity index (χ3v) is 3.27. The van der Waals surface area contributed by atoms with Crippen LogP contribution < -0.4 is 5.32 Å². The molecule has 0 unspecified atom stereocenters. The van der Waals surface area contributed by atoms with Crippen LogP contribution in [0.5, 0.6) is 0 Å². The SMILES string of the molecule is CCCC(C)(C)NCc1ccc(Br)c(F)c1. The number of rotatable bonds is 5. The lowest BCUT2D eigenvalue weighted by molar-refractivity contribution is 0.356. The first-order valence-corrected chi connectivity index (χ1v) is 6.43. The summed E-state index contributed by atoms with van der Waals surface area (Å²) in [6.45, 7) is 7.22. The van der Waals surface area contributed by atoms with Crippen LogP contribution in [0.15, 0.2) is 22.7 Å². The van der Waals surface area contributed by atoms with Gasteiger partial charge in [0.25, 0.3) is 0 Å². The lowest BCUT2D eigenvalue weighted by Gasteiger charge is -2.26. The molecule has 0 fully saturated rings. The van der Waals surface area contributed by atoms with Crippen LogP contribution in [-0.2, 0) is 6.54 Å². The maximum absolute atomic E-state index is 13.3. The summed E-state index contributed by atoms with van der Waals surface area (Å²) in [6, 6.07) is 5.25. The molecule has 0 bridgehead atoms. The lowest BCUT2D eigenvalue weighted by atomic mass is 9.98. The normalized spacial score (nSPS) is 11.8. The van der Waals surface area contributed by atoms with Crippen molar-refractivity contribution in [3.05, 3.63) is 34.1 Å². The van der Waals surface area contributed by atoms with E-state index in [2.05, 4.69) is 42.0 Å². The van der Waals surface area contributed by atoms with E-state index >= 15 is 0 Å². The summed E-state index contributed by atoms with van der Waals surface area (Å²) in [6.07, 6.45) is 2.26. The highest BCUT2D eigenvalue weighted by Crippen LogP contribution is 2.17. The van der Waals surface area contributed by atoms with E-state index < -0.39 is 0 Å². The average molecular weight is 288 g/mol. The first-order chi connectivity index (χ1) is 7.44. The average Bonchev–Trinajstić information content (AvgIpc) is 2.20. The summed E-state index contributed by atoms with van der Waals surface area (Å²) < 4.78 is 13.8. The van der Waals surface area contributed by atoms with Gasteiger partial charge in [-0.05, 0) is 53.9 Å². The fraction of sp³-hybridized carbons (Fsp3) is 0.538. The van der Waals surface area contributed by atoms with Gasteiger partial charge >= 0.3 is 0 Å². The van der Waals surface area contributed by atoms with Gasteiger partial charge in [-0.15, -0.1) is 0 Å². The fourth-order valence-electron chi connectivity index (χ4n) is 1.70. The summed E-state index contributed by atoms with van der Waals surface area (Å²) >= 11 is 3.15. The van der Waals surface area contributed by atoms with Crippen LogP contribution in [0.2, 0.25) is 0 Å². The minimum Gasteiger partial charge on any atom is -0.308 e. The third-order valence-electron chi connectivity index (χ3n) is 2.63. The van der Waals surface area contributed by atoms with Crippen LogP contribution in [0.3, 0.4) is 0 Å². The van der Waals surface area contributed by atoms with Gasteiger partial charge in [0.15, 0.2) is 0 Å².